The first kappa shape index (κ1) is 14.4. The molecule has 0 spiro atoms. The second-order valence-corrected chi connectivity index (χ2v) is 5.29. The van der Waals surface area contributed by atoms with E-state index in [4.69, 9.17) is 5.26 Å². The first-order chi connectivity index (χ1) is 10.6. The number of benzene rings is 1. The molecule has 1 atom stereocenters. The number of halogens is 2. The zero-order chi connectivity index (χ0) is 15.7. The third kappa shape index (κ3) is 2.64. The summed E-state index contributed by atoms with van der Waals surface area (Å²) in [7, 11) is 0. The summed E-state index contributed by atoms with van der Waals surface area (Å²) in [5.74, 6) is 0.187. The van der Waals surface area contributed by atoms with Gasteiger partial charge in [-0.1, -0.05) is 6.92 Å². The summed E-state index contributed by atoms with van der Waals surface area (Å²) >= 11 is 0. The van der Waals surface area contributed by atoms with Crippen LogP contribution in [0, 0.1) is 23.0 Å². The minimum absolute atomic E-state index is 0.0321. The van der Waals surface area contributed by atoms with Gasteiger partial charge in [0.05, 0.1) is 18.2 Å². The van der Waals surface area contributed by atoms with Crippen LogP contribution in [0.25, 0.3) is 0 Å². The molecule has 0 saturated carbocycles. The fourth-order valence-corrected chi connectivity index (χ4v) is 2.61. The molecule has 1 aliphatic rings. The van der Waals surface area contributed by atoms with Gasteiger partial charge in [-0.15, -0.1) is 0 Å². The predicted molar refractivity (Wildman–Crippen MR) is 76.2 cm³/mol. The van der Waals surface area contributed by atoms with E-state index in [-0.39, 0.29) is 17.3 Å². The number of hydrogen-bond acceptors (Lipinski definition) is 4. The number of aryl methyl sites for hydroxylation is 2. The van der Waals surface area contributed by atoms with E-state index in [1.807, 2.05) is 6.92 Å². The van der Waals surface area contributed by atoms with E-state index in [1.54, 1.807) is 10.8 Å². The third-order valence-corrected chi connectivity index (χ3v) is 3.74. The highest BCUT2D eigenvalue weighted by molar-refractivity contribution is 5.51. The van der Waals surface area contributed by atoms with Gasteiger partial charge in [0.1, 0.15) is 11.5 Å². The predicted octanol–water partition coefficient (Wildman–Crippen LogP) is 2.42. The molecule has 2 heterocycles. The van der Waals surface area contributed by atoms with Crippen LogP contribution in [0.3, 0.4) is 0 Å². The van der Waals surface area contributed by atoms with E-state index in [9.17, 15) is 8.78 Å². The quantitative estimate of drug-likeness (QED) is 0.945. The van der Waals surface area contributed by atoms with E-state index in [2.05, 4.69) is 15.4 Å². The van der Waals surface area contributed by atoms with Crippen LogP contribution >= 0.6 is 0 Å². The van der Waals surface area contributed by atoms with Crippen molar-refractivity contribution < 1.29 is 8.78 Å². The molecule has 5 nitrogen and oxygen atoms in total. The highest BCUT2D eigenvalue weighted by Gasteiger charge is 2.23. The summed E-state index contributed by atoms with van der Waals surface area (Å²) in [6.07, 6.45) is 2.20. The summed E-state index contributed by atoms with van der Waals surface area (Å²) in [4.78, 5) is 4.41. The average molecular weight is 303 g/mol. The SMILES string of the molecule is CCc1nc2n(n1)CC(Nc1c(F)cc(C#N)cc1F)CC2. The molecular formula is C15H15F2N5. The van der Waals surface area contributed by atoms with Gasteiger partial charge < -0.3 is 5.32 Å². The maximum atomic E-state index is 13.9. The zero-order valence-corrected chi connectivity index (χ0v) is 12.1. The third-order valence-electron chi connectivity index (χ3n) is 3.74. The molecule has 114 valence electrons. The number of anilines is 1. The van der Waals surface area contributed by atoms with E-state index in [0.29, 0.717) is 13.0 Å². The van der Waals surface area contributed by atoms with Crippen molar-refractivity contribution in [3.05, 3.63) is 41.0 Å². The van der Waals surface area contributed by atoms with Crippen LogP contribution in [0.15, 0.2) is 12.1 Å². The molecule has 1 aromatic heterocycles. The zero-order valence-electron chi connectivity index (χ0n) is 12.1. The van der Waals surface area contributed by atoms with Crippen molar-refractivity contribution in [1.82, 2.24) is 14.8 Å². The number of nitrogens with one attached hydrogen (secondary N) is 1. The molecule has 0 radical (unpaired) electrons. The lowest BCUT2D eigenvalue weighted by Crippen LogP contribution is -2.32. The molecule has 1 N–H and O–H groups in total. The monoisotopic (exact) mass is 303 g/mol. The fraction of sp³-hybridized carbons (Fsp3) is 0.400. The van der Waals surface area contributed by atoms with Crippen LogP contribution in [-0.4, -0.2) is 20.8 Å². The van der Waals surface area contributed by atoms with Gasteiger partial charge >= 0.3 is 0 Å². The van der Waals surface area contributed by atoms with Crippen molar-refractivity contribution in [2.45, 2.75) is 38.8 Å². The van der Waals surface area contributed by atoms with Crippen molar-refractivity contribution in [2.75, 3.05) is 5.32 Å². The molecule has 1 aliphatic heterocycles. The summed E-state index contributed by atoms with van der Waals surface area (Å²) in [5.41, 5.74) is -0.223. The Morgan fingerprint density at radius 2 is 2.14 bits per heavy atom. The van der Waals surface area contributed by atoms with Crippen LogP contribution in [-0.2, 0) is 19.4 Å². The lowest BCUT2D eigenvalue weighted by Gasteiger charge is -2.25. The Morgan fingerprint density at radius 3 is 2.77 bits per heavy atom. The topological polar surface area (TPSA) is 66.5 Å². The maximum absolute atomic E-state index is 13.9. The molecule has 0 saturated heterocycles. The Balaban J connectivity index is 1.79. The van der Waals surface area contributed by atoms with Crippen molar-refractivity contribution in [3.63, 3.8) is 0 Å². The number of nitrogens with zero attached hydrogens (tertiary/aromatic N) is 4. The number of hydrogen-bond donors (Lipinski definition) is 1. The Kier molecular flexibility index (Phi) is 3.75. The highest BCUT2D eigenvalue weighted by Crippen LogP contribution is 2.24. The van der Waals surface area contributed by atoms with E-state index < -0.39 is 11.6 Å². The first-order valence-electron chi connectivity index (χ1n) is 7.19. The number of rotatable bonds is 3. The molecule has 0 aliphatic carbocycles. The van der Waals surface area contributed by atoms with Gasteiger partial charge in [0.2, 0.25) is 0 Å². The van der Waals surface area contributed by atoms with E-state index in [0.717, 1.165) is 36.6 Å². The normalized spacial score (nSPS) is 16.9. The Labute approximate surface area is 126 Å². The molecule has 22 heavy (non-hydrogen) atoms. The van der Waals surface area contributed by atoms with Gasteiger partial charge in [0, 0.05) is 18.9 Å². The smallest absolute Gasteiger partial charge is 0.150 e. The van der Waals surface area contributed by atoms with E-state index >= 15 is 0 Å². The minimum atomic E-state index is -0.754. The molecular weight excluding hydrogens is 288 g/mol. The molecule has 7 heteroatoms. The summed E-state index contributed by atoms with van der Waals surface area (Å²) in [6.45, 7) is 2.50. The van der Waals surface area contributed by atoms with Crippen molar-refractivity contribution in [2.24, 2.45) is 0 Å². The molecule has 0 amide bonds. The molecule has 0 fully saturated rings. The van der Waals surface area contributed by atoms with Crippen molar-refractivity contribution in [1.29, 1.82) is 5.26 Å². The van der Waals surface area contributed by atoms with Crippen LogP contribution in [0.4, 0.5) is 14.5 Å². The lowest BCUT2D eigenvalue weighted by molar-refractivity contribution is 0.436. The number of nitriles is 1. The van der Waals surface area contributed by atoms with Crippen LogP contribution in [0.1, 0.15) is 30.6 Å². The minimum Gasteiger partial charge on any atom is -0.376 e. The Bertz CT molecular complexity index is 724. The first-order valence-corrected chi connectivity index (χ1v) is 7.19. The molecule has 1 unspecified atom stereocenters. The Hall–Kier alpha value is -2.49. The van der Waals surface area contributed by atoms with Crippen LogP contribution in [0.2, 0.25) is 0 Å². The lowest BCUT2D eigenvalue weighted by atomic mass is 10.1. The molecule has 1 aromatic carbocycles. The maximum Gasteiger partial charge on any atom is 0.150 e. The van der Waals surface area contributed by atoms with E-state index in [1.165, 1.54) is 0 Å². The molecule has 0 bridgehead atoms. The van der Waals surface area contributed by atoms with Crippen LogP contribution < -0.4 is 5.32 Å². The van der Waals surface area contributed by atoms with Crippen LogP contribution in [0.5, 0.6) is 0 Å². The van der Waals surface area contributed by atoms with Gasteiger partial charge in [-0.25, -0.2) is 18.4 Å². The largest absolute Gasteiger partial charge is 0.376 e. The number of aromatic nitrogens is 3. The molecule has 3 rings (SSSR count). The second-order valence-electron chi connectivity index (χ2n) is 5.29. The standard InChI is InChI=1S/C15H15F2N5/c1-2-13-20-14-4-3-10(8-22(14)21-13)19-15-11(16)5-9(7-18)6-12(15)17/h5-6,10,19H,2-4,8H2,1H3. The van der Waals surface area contributed by atoms with Crippen molar-refractivity contribution in [3.8, 4) is 6.07 Å². The van der Waals surface area contributed by atoms with Gasteiger partial charge in [0.15, 0.2) is 17.5 Å². The van der Waals surface area contributed by atoms with Gasteiger partial charge in [0.25, 0.3) is 0 Å². The van der Waals surface area contributed by atoms with Crippen molar-refractivity contribution >= 4 is 5.69 Å². The number of fused-ring (bicyclic) bond motifs is 1. The fourth-order valence-electron chi connectivity index (χ4n) is 2.61. The Morgan fingerprint density at radius 1 is 1.41 bits per heavy atom. The van der Waals surface area contributed by atoms with Gasteiger partial charge in [-0.3, -0.25) is 0 Å². The summed E-state index contributed by atoms with van der Waals surface area (Å²) in [6, 6.07) is 3.67. The second kappa shape index (κ2) is 5.72. The van der Waals surface area contributed by atoms with Gasteiger partial charge in [-0.2, -0.15) is 10.4 Å². The highest BCUT2D eigenvalue weighted by atomic mass is 19.1. The summed E-state index contributed by atoms with van der Waals surface area (Å²) < 4.78 is 29.6. The average Bonchev–Trinajstić information content (AvgIpc) is 2.93. The van der Waals surface area contributed by atoms with Gasteiger partial charge in [-0.05, 0) is 18.6 Å². The summed E-state index contributed by atoms with van der Waals surface area (Å²) in [5, 5.41) is 16.0. The molecule has 2 aromatic rings.